The van der Waals surface area contributed by atoms with Crippen molar-refractivity contribution in [1.29, 1.82) is 0 Å². The van der Waals surface area contributed by atoms with Gasteiger partial charge in [0.2, 0.25) is 0 Å². The molecule has 90 valence electrons. The molecule has 0 bridgehead atoms. The fraction of sp³-hybridized carbons (Fsp3) is 0.0588. The second-order valence-corrected chi connectivity index (χ2v) is 3.96. The predicted molar refractivity (Wildman–Crippen MR) is 78.1 cm³/mol. The first-order chi connectivity index (χ1) is 8.86. The monoisotopic (exact) mass is 236 g/mol. The van der Waals surface area contributed by atoms with Crippen molar-refractivity contribution in [2.24, 2.45) is 0 Å². The Hall–Kier alpha value is -2.12. The van der Waals surface area contributed by atoms with E-state index >= 15 is 0 Å². The minimum absolute atomic E-state index is 0.0530. The normalized spacial score (nSPS) is 10.7. The molecule has 0 heterocycles. The molecule has 1 heteroatoms. The van der Waals surface area contributed by atoms with Crippen LogP contribution in [-0.4, -0.2) is 11.7 Å². The summed E-state index contributed by atoms with van der Waals surface area (Å²) in [5.41, 5.74) is 4.52. The Kier molecular flexibility index (Phi) is 4.11. The van der Waals surface area contributed by atoms with Crippen LogP contribution in [-0.2, 0) is 0 Å². The Bertz CT molecular complexity index is 567. The molecule has 0 saturated carbocycles. The van der Waals surface area contributed by atoms with Crippen LogP contribution in [0, 0.1) is 0 Å². The molecule has 0 amide bonds. The lowest BCUT2D eigenvalue weighted by Crippen LogP contribution is -1.86. The Morgan fingerprint density at radius 2 is 1.44 bits per heavy atom. The highest BCUT2D eigenvalue weighted by atomic mass is 16.2. The van der Waals surface area contributed by atoms with Crippen LogP contribution in [0.2, 0.25) is 0 Å². The zero-order valence-electron chi connectivity index (χ0n) is 10.2. The number of hydrogen-bond acceptors (Lipinski definition) is 1. The van der Waals surface area contributed by atoms with Gasteiger partial charge in [0.05, 0.1) is 6.61 Å². The molecule has 0 unspecified atom stereocenters. The fourth-order valence-corrected chi connectivity index (χ4v) is 1.99. The van der Waals surface area contributed by atoms with Crippen molar-refractivity contribution in [2.75, 3.05) is 6.61 Å². The largest absolute Gasteiger partial charge is 0.392 e. The molecule has 0 aliphatic rings. The van der Waals surface area contributed by atoms with Crippen molar-refractivity contribution < 1.29 is 5.11 Å². The first-order valence-corrected chi connectivity index (χ1v) is 5.95. The summed E-state index contributed by atoms with van der Waals surface area (Å²) in [4.78, 5) is 0. The van der Waals surface area contributed by atoms with Crippen molar-refractivity contribution in [3.05, 3.63) is 72.3 Å². The molecule has 1 N–H and O–H groups in total. The summed E-state index contributed by atoms with van der Waals surface area (Å²) in [6.07, 6.45) is 5.55. The van der Waals surface area contributed by atoms with Gasteiger partial charge in [0.1, 0.15) is 0 Å². The molecule has 2 aromatic rings. The van der Waals surface area contributed by atoms with Gasteiger partial charge in [-0.25, -0.2) is 0 Å². The van der Waals surface area contributed by atoms with E-state index in [1.807, 2.05) is 42.5 Å². The summed E-state index contributed by atoms with van der Waals surface area (Å²) in [6.45, 7) is 3.90. The Morgan fingerprint density at radius 3 is 2.06 bits per heavy atom. The van der Waals surface area contributed by atoms with E-state index < -0.39 is 0 Å². The summed E-state index contributed by atoms with van der Waals surface area (Å²) >= 11 is 0. The third-order valence-electron chi connectivity index (χ3n) is 2.83. The molecular formula is C17H16O. The lowest BCUT2D eigenvalue weighted by Gasteiger charge is -2.09. The number of aliphatic hydroxyl groups excluding tert-OH is 1. The third-order valence-corrected chi connectivity index (χ3v) is 2.83. The first-order valence-electron chi connectivity index (χ1n) is 5.95. The van der Waals surface area contributed by atoms with Gasteiger partial charge >= 0.3 is 0 Å². The van der Waals surface area contributed by atoms with Crippen molar-refractivity contribution in [3.8, 4) is 11.1 Å². The van der Waals surface area contributed by atoms with Crippen LogP contribution in [0.5, 0.6) is 0 Å². The van der Waals surface area contributed by atoms with Crippen LogP contribution >= 0.6 is 0 Å². The van der Waals surface area contributed by atoms with Crippen molar-refractivity contribution >= 4 is 12.2 Å². The van der Waals surface area contributed by atoms with E-state index in [0.717, 1.165) is 22.3 Å². The lowest BCUT2D eigenvalue weighted by atomic mass is 9.95. The molecule has 18 heavy (non-hydrogen) atoms. The Morgan fingerprint density at radius 1 is 0.889 bits per heavy atom. The molecule has 0 aliphatic carbocycles. The molecule has 0 saturated heterocycles. The molecule has 2 rings (SSSR count). The van der Waals surface area contributed by atoms with Gasteiger partial charge in [0, 0.05) is 0 Å². The summed E-state index contributed by atoms with van der Waals surface area (Å²) in [6, 6.07) is 16.3. The van der Waals surface area contributed by atoms with E-state index in [1.54, 1.807) is 6.08 Å². The maximum absolute atomic E-state index is 8.89. The summed E-state index contributed by atoms with van der Waals surface area (Å²) in [5.74, 6) is 0. The maximum Gasteiger partial charge on any atom is 0.0615 e. The number of hydrogen-bond donors (Lipinski definition) is 1. The van der Waals surface area contributed by atoms with Gasteiger partial charge in [-0.05, 0) is 22.3 Å². The molecular weight excluding hydrogens is 220 g/mol. The lowest BCUT2D eigenvalue weighted by molar-refractivity contribution is 0.343. The number of aliphatic hydroxyl groups is 1. The highest BCUT2D eigenvalue weighted by molar-refractivity contribution is 5.81. The van der Waals surface area contributed by atoms with E-state index in [1.165, 1.54) is 0 Å². The van der Waals surface area contributed by atoms with Crippen LogP contribution in [0.15, 0.2) is 61.2 Å². The predicted octanol–water partition coefficient (Wildman–Crippen LogP) is 4.00. The highest BCUT2D eigenvalue weighted by Crippen LogP contribution is 2.28. The van der Waals surface area contributed by atoms with Gasteiger partial charge < -0.3 is 5.11 Å². The van der Waals surface area contributed by atoms with Crippen molar-refractivity contribution in [3.63, 3.8) is 0 Å². The van der Waals surface area contributed by atoms with Crippen LogP contribution in [0.25, 0.3) is 23.3 Å². The molecule has 0 aliphatic heterocycles. The van der Waals surface area contributed by atoms with Gasteiger partial charge in [0.25, 0.3) is 0 Å². The average Bonchev–Trinajstić information content (AvgIpc) is 2.45. The first kappa shape index (κ1) is 12.3. The second kappa shape index (κ2) is 5.99. The highest BCUT2D eigenvalue weighted by Gasteiger charge is 2.04. The standard InChI is InChI=1S/C17H16O/c1-2-14-8-3-5-11-16(14)17-12-6-4-9-15(17)10-7-13-18/h2-12,18H,1,13H2/b10-7+. The van der Waals surface area contributed by atoms with E-state index in [2.05, 4.69) is 24.8 Å². The molecule has 0 radical (unpaired) electrons. The van der Waals surface area contributed by atoms with E-state index in [4.69, 9.17) is 5.11 Å². The van der Waals surface area contributed by atoms with E-state index in [0.29, 0.717) is 0 Å². The fourth-order valence-electron chi connectivity index (χ4n) is 1.99. The van der Waals surface area contributed by atoms with Crippen molar-refractivity contribution in [2.45, 2.75) is 0 Å². The average molecular weight is 236 g/mol. The molecule has 0 atom stereocenters. The zero-order valence-corrected chi connectivity index (χ0v) is 10.2. The van der Waals surface area contributed by atoms with Gasteiger partial charge in [-0.1, -0.05) is 73.3 Å². The van der Waals surface area contributed by atoms with Crippen LogP contribution in [0.4, 0.5) is 0 Å². The van der Waals surface area contributed by atoms with Crippen LogP contribution in [0.3, 0.4) is 0 Å². The zero-order chi connectivity index (χ0) is 12.8. The molecule has 2 aromatic carbocycles. The smallest absolute Gasteiger partial charge is 0.0615 e. The topological polar surface area (TPSA) is 20.2 Å². The molecule has 0 fully saturated rings. The van der Waals surface area contributed by atoms with E-state index in [-0.39, 0.29) is 6.61 Å². The minimum atomic E-state index is 0.0530. The second-order valence-electron chi connectivity index (χ2n) is 3.96. The Balaban J connectivity index is 2.56. The van der Waals surface area contributed by atoms with Gasteiger partial charge in [0.15, 0.2) is 0 Å². The molecule has 1 nitrogen and oxygen atoms in total. The molecule has 0 spiro atoms. The summed E-state index contributed by atoms with van der Waals surface area (Å²) < 4.78 is 0. The minimum Gasteiger partial charge on any atom is -0.392 e. The summed E-state index contributed by atoms with van der Waals surface area (Å²) in [5, 5.41) is 8.89. The number of rotatable bonds is 4. The van der Waals surface area contributed by atoms with Crippen molar-refractivity contribution in [1.82, 2.24) is 0 Å². The summed E-state index contributed by atoms with van der Waals surface area (Å²) in [7, 11) is 0. The Labute approximate surface area is 108 Å². The molecule has 0 aromatic heterocycles. The van der Waals surface area contributed by atoms with Crippen LogP contribution in [0.1, 0.15) is 11.1 Å². The maximum atomic E-state index is 8.89. The SMILES string of the molecule is C=Cc1ccccc1-c1ccccc1/C=C/CO. The van der Waals surface area contributed by atoms with Crippen LogP contribution < -0.4 is 0 Å². The quantitative estimate of drug-likeness (QED) is 0.850. The van der Waals surface area contributed by atoms with E-state index in [9.17, 15) is 0 Å². The van der Waals surface area contributed by atoms with Gasteiger partial charge in [-0.15, -0.1) is 0 Å². The van der Waals surface area contributed by atoms with Gasteiger partial charge in [-0.2, -0.15) is 0 Å². The van der Waals surface area contributed by atoms with Gasteiger partial charge in [-0.3, -0.25) is 0 Å². The number of benzene rings is 2. The third kappa shape index (κ3) is 2.58.